The zero-order valence-electron chi connectivity index (χ0n) is 15.6. The topological polar surface area (TPSA) is 74.2 Å². The number of aryl methyl sites for hydroxylation is 2. The molecule has 1 aliphatic carbocycles. The maximum absolute atomic E-state index is 12.9. The second kappa shape index (κ2) is 7.83. The lowest BCUT2D eigenvalue weighted by Gasteiger charge is -2.38. The lowest BCUT2D eigenvalue weighted by molar-refractivity contribution is 0.0418. The largest absolute Gasteiger partial charge is 0.381 e. The first-order chi connectivity index (χ1) is 13.6. The summed E-state index contributed by atoms with van der Waals surface area (Å²) < 4.78 is 5.52. The van der Waals surface area contributed by atoms with Crippen molar-refractivity contribution in [3.05, 3.63) is 63.7 Å². The molecule has 0 aromatic heterocycles. The van der Waals surface area contributed by atoms with Crippen molar-refractivity contribution >= 4 is 23.3 Å². The van der Waals surface area contributed by atoms with E-state index < -0.39 is 5.54 Å². The van der Waals surface area contributed by atoms with E-state index in [1.54, 1.807) is 12.1 Å². The third kappa shape index (κ3) is 3.71. The average Bonchev–Trinajstić information content (AvgIpc) is 3.16. The zero-order chi connectivity index (χ0) is 19.6. The summed E-state index contributed by atoms with van der Waals surface area (Å²) in [4.78, 5) is 12.9. The van der Waals surface area contributed by atoms with Crippen LogP contribution in [0.5, 0.6) is 0 Å². The van der Waals surface area contributed by atoms with Crippen LogP contribution >= 0.6 is 11.6 Å². The van der Waals surface area contributed by atoms with Crippen molar-refractivity contribution < 1.29 is 9.53 Å². The first-order valence-electron chi connectivity index (χ1n) is 9.58. The normalized spacial score (nSPS) is 17.4. The Morgan fingerprint density at radius 3 is 2.46 bits per heavy atom. The highest BCUT2D eigenvalue weighted by atomic mass is 35.5. The molecule has 0 radical (unpaired) electrons. The number of nitriles is 1. The molecule has 4 rings (SSSR count). The van der Waals surface area contributed by atoms with Crippen LogP contribution < -0.4 is 10.6 Å². The summed E-state index contributed by atoms with van der Waals surface area (Å²) in [7, 11) is 0. The number of hydrogen-bond acceptors (Lipinski definition) is 3. The van der Waals surface area contributed by atoms with Gasteiger partial charge in [0.1, 0.15) is 0 Å². The molecule has 0 saturated carbocycles. The van der Waals surface area contributed by atoms with Crippen LogP contribution in [0.15, 0.2) is 36.4 Å². The highest BCUT2D eigenvalue weighted by molar-refractivity contribution is 6.33. The third-order valence-electron chi connectivity index (χ3n) is 5.70. The molecule has 0 spiro atoms. The predicted octanol–water partition coefficient (Wildman–Crippen LogP) is 4.53. The van der Waals surface area contributed by atoms with Crippen LogP contribution in [0.1, 0.15) is 41.5 Å². The molecule has 1 fully saturated rings. The molecule has 2 aromatic rings. The number of carbonyl (C=O) groups excluding carboxylic acids is 1. The first-order valence-corrected chi connectivity index (χ1v) is 9.96. The number of urea groups is 1. The van der Waals surface area contributed by atoms with Crippen molar-refractivity contribution in [1.82, 2.24) is 5.32 Å². The number of nitrogens with one attached hydrogen (secondary N) is 2. The van der Waals surface area contributed by atoms with Gasteiger partial charge >= 0.3 is 6.03 Å². The van der Waals surface area contributed by atoms with Crippen molar-refractivity contribution in [3.8, 4) is 6.07 Å². The number of rotatable bonds is 3. The summed E-state index contributed by atoms with van der Waals surface area (Å²) in [6.45, 7) is 1.14. The highest BCUT2D eigenvalue weighted by Gasteiger charge is 2.36. The Hall–Kier alpha value is -2.55. The maximum atomic E-state index is 12.9. The van der Waals surface area contributed by atoms with Crippen molar-refractivity contribution in [2.24, 2.45) is 0 Å². The molecule has 144 valence electrons. The molecule has 2 aromatic carbocycles. The van der Waals surface area contributed by atoms with E-state index in [0.29, 0.717) is 42.3 Å². The Bertz CT molecular complexity index is 928. The maximum Gasteiger partial charge on any atom is 0.319 e. The number of carbonyl (C=O) groups is 1. The standard InChI is InChI=1S/C22H22ClN3O2/c23-19-12-16-2-1-3-17(16)13-20(19)25-21(27)26-22(8-10-28-11-9-22)18-6-4-15(14-24)5-7-18/h4-7,12-13H,1-3,8-11H2,(H2,25,26,27). The molecule has 2 aliphatic rings. The van der Waals surface area contributed by atoms with Crippen molar-refractivity contribution in [2.75, 3.05) is 18.5 Å². The average molecular weight is 396 g/mol. The van der Waals surface area contributed by atoms with Gasteiger partial charge in [0.25, 0.3) is 0 Å². The number of nitrogens with zero attached hydrogens (tertiary/aromatic N) is 1. The van der Waals surface area contributed by atoms with Gasteiger partial charge in [-0.05, 0) is 73.1 Å². The molecule has 2 amide bonds. The number of benzene rings is 2. The van der Waals surface area contributed by atoms with Crippen LogP contribution in [0.3, 0.4) is 0 Å². The second-order valence-electron chi connectivity index (χ2n) is 7.42. The van der Waals surface area contributed by atoms with E-state index in [1.807, 2.05) is 24.3 Å². The molecular weight excluding hydrogens is 374 g/mol. The van der Waals surface area contributed by atoms with E-state index >= 15 is 0 Å². The number of halogens is 1. The number of anilines is 1. The van der Waals surface area contributed by atoms with E-state index in [-0.39, 0.29) is 6.03 Å². The Balaban J connectivity index is 1.55. The monoisotopic (exact) mass is 395 g/mol. The van der Waals surface area contributed by atoms with Gasteiger partial charge in [-0.3, -0.25) is 0 Å². The lowest BCUT2D eigenvalue weighted by atomic mass is 9.82. The molecule has 2 N–H and O–H groups in total. The van der Waals surface area contributed by atoms with E-state index in [2.05, 4.69) is 16.7 Å². The third-order valence-corrected chi connectivity index (χ3v) is 6.01. The minimum atomic E-state index is -0.528. The number of amides is 2. The smallest absolute Gasteiger partial charge is 0.319 e. The van der Waals surface area contributed by atoms with Crippen LogP contribution in [0.4, 0.5) is 10.5 Å². The van der Waals surface area contributed by atoms with E-state index in [4.69, 9.17) is 21.6 Å². The van der Waals surface area contributed by atoms with Crippen molar-refractivity contribution in [1.29, 1.82) is 5.26 Å². The van der Waals surface area contributed by atoms with Gasteiger partial charge in [-0.15, -0.1) is 0 Å². The molecular formula is C22H22ClN3O2. The Morgan fingerprint density at radius 1 is 1.11 bits per heavy atom. The van der Waals surface area contributed by atoms with Crippen LogP contribution in [-0.4, -0.2) is 19.2 Å². The first kappa shape index (κ1) is 18.8. The second-order valence-corrected chi connectivity index (χ2v) is 7.82. The number of fused-ring (bicyclic) bond motifs is 1. The van der Waals surface area contributed by atoms with E-state index in [0.717, 1.165) is 24.8 Å². The van der Waals surface area contributed by atoms with Gasteiger partial charge in [-0.2, -0.15) is 5.26 Å². The number of ether oxygens (including phenoxy) is 1. The summed E-state index contributed by atoms with van der Waals surface area (Å²) in [5, 5.41) is 15.7. The molecule has 1 heterocycles. The van der Waals surface area contributed by atoms with Crippen LogP contribution in [-0.2, 0) is 23.1 Å². The van der Waals surface area contributed by atoms with Gasteiger partial charge in [0.15, 0.2) is 0 Å². The number of hydrogen-bond donors (Lipinski definition) is 2. The Morgan fingerprint density at radius 2 is 1.79 bits per heavy atom. The molecule has 6 heteroatoms. The molecule has 0 atom stereocenters. The van der Waals surface area contributed by atoms with E-state index in [1.165, 1.54) is 11.1 Å². The van der Waals surface area contributed by atoms with Gasteiger partial charge in [0.05, 0.1) is 27.9 Å². The highest BCUT2D eigenvalue weighted by Crippen LogP contribution is 2.34. The summed E-state index contributed by atoms with van der Waals surface area (Å²) >= 11 is 6.39. The lowest BCUT2D eigenvalue weighted by Crippen LogP contribution is -2.50. The zero-order valence-corrected chi connectivity index (χ0v) is 16.3. The summed E-state index contributed by atoms with van der Waals surface area (Å²) in [5.41, 5.74) is 4.22. The van der Waals surface area contributed by atoms with Gasteiger partial charge in [-0.1, -0.05) is 23.7 Å². The molecule has 0 bridgehead atoms. The summed E-state index contributed by atoms with van der Waals surface area (Å²) in [6.07, 6.45) is 4.54. The van der Waals surface area contributed by atoms with Gasteiger partial charge in [0, 0.05) is 13.2 Å². The fraction of sp³-hybridized carbons (Fsp3) is 0.364. The molecule has 1 aliphatic heterocycles. The Labute approximate surface area is 169 Å². The van der Waals surface area contributed by atoms with Gasteiger partial charge in [-0.25, -0.2) is 4.79 Å². The van der Waals surface area contributed by atoms with Gasteiger partial charge < -0.3 is 15.4 Å². The predicted molar refractivity (Wildman–Crippen MR) is 109 cm³/mol. The molecule has 0 unspecified atom stereocenters. The van der Waals surface area contributed by atoms with Crippen LogP contribution in [0.2, 0.25) is 5.02 Å². The van der Waals surface area contributed by atoms with Crippen molar-refractivity contribution in [2.45, 2.75) is 37.6 Å². The molecule has 28 heavy (non-hydrogen) atoms. The molecule has 5 nitrogen and oxygen atoms in total. The van der Waals surface area contributed by atoms with Crippen LogP contribution in [0.25, 0.3) is 0 Å². The van der Waals surface area contributed by atoms with Gasteiger partial charge in [0.2, 0.25) is 0 Å². The fourth-order valence-corrected chi connectivity index (χ4v) is 4.36. The molecule has 1 saturated heterocycles. The fourth-order valence-electron chi connectivity index (χ4n) is 4.13. The van der Waals surface area contributed by atoms with Crippen LogP contribution in [0, 0.1) is 11.3 Å². The Kier molecular flexibility index (Phi) is 5.25. The summed E-state index contributed by atoms with van der Waals surface area (Å²) in [6, 6.07) is 13.2. The van der Waals surface area contributed by atoms with E-state index in [9.17, 15) is 4.79 Å². The minimum absolute atomic E-state index is 0.286. The minimum Gasteiger partial charge on any atom is -0.381 e. The van der Waals surface area contributed by atoms with Crippen molar-refractivity contribution in [3.63, 3.8) is 0 Å². The quantitative estimate of drug-likeness (QED) is 0.801. The summed E-state index contributed by atoms with van der Waals surface area (Å²) in [5.74, 6) is 0. The SMILES string of the molecule is N#Cc1ccc(C2(NC(=O)Nc3cc4c(cc3Cl)CCC4)CCOCC2)cc1.